The van der Waals surface area contributed by atoms with E-state index in [1.807, 2.05) is 34.0 Å². The van der Waals surface area contributed by atoms with Gasteiger partial charge in [-0.05, 0) is 105 Å². The Balaban J connectivity index is 5.83. The Hall–Kier alpha value is -4.09. The molecule has 0 aliphatic heterocycles. The smallest absolute Gasteiger partial charge is 0.408 e. The lowest BCUT2D eigenvalue weighted by Crippen LogP contribution is -2.63. The van der Waals surface area contributed by atoms with Crippen molar-refractivity contribution < 1.29 is 47.8 Å². The Bertz CT molecular complexity index is 1360. The summed E-state index contributed by atoms with van der Waals surface area (Å²) in [6.45, 7) is 21.2. The second-order valence-electron chi connectivity index (χ2n) is 16.5. The lowest BCUT2D eigenvalue weighted by atomic mass is 9.98. The summed E-state index contributed by atoms with van der Waals surface area (Å²) in [6, 6.07) is -5.36. The summed E-state index contributed by atoms with van der Waals surface area (Å²) in [5.74, 6) is -4.18. The van der Waals surface area contributed by atoms with Crippen LogP contribution in [0.15, 0.2) is 0 Å². The first-order valence-corrected chi connectivity index (χ1v) is 19.9. The Morgan fingerprint density at radius 1 is 0.564 bits per heavy atom. The summed E-state index contributed by atoms with van der Waals surface area (Å²) in [4.78, 5) is 104. The SMILES string of the molecule is COC(=O)C(C)(C)NC(=O)[C@H](CC(C)C)NC(=O)[C@H](C)NC(=O)[C@H](CCSC)NC(=O)C(C)(C)NC(=O)[C@H](CC(C)C)NC(=O)[C@H](C)NC(=O)OC(C)(C)C. The number of alkyl carbamates (subject to hydrolysis) is 1. The molecule has 0 fully saturated rings. The van der Waals surface area contributed by atoms with Crippen molar-refractivity contribution in [1.82, 2.24) is 37.2 Å². The highest BCUT2D eigenvalue weighted by atomic mass is 32.2. The first-order chi connectivity index (χ1) is 25.1. The number of thioether (sulfide) groups is 1. The zero-order valence-corrected chi connectivity index (χ0v) is 36.2. The molecule has 0 saturated carbocycles. The molecule has 55 heavy (non-hydrogen) atoms. The second-order valence-corrected chi connectivity index (χ2v) is 17.5. The number of hydrogen-bond acceptors (Lipinski definition) is 11. The number of ether oxygens (including phenoxy) is 2. The standard InChI is InChI=1S/C37H67N7O10S/c1-20(2)18-25(41-28(46)23(6)39-34(52)54-35(7,8)9)30(48)43-36(10,11)32(50)42-24(16-17-55-15)29(47)38-22(5)27(45)40-26(19-21(3)4)31(49)44-37(12,13)33(51)53-14/h20-26H,16-19H2,1-15H3,(H,38,47)(H,39,52)(H,40,45)(H,41,46)(H,42,50)(H,43,48)(H,44,49)/t22-,23-,24-,25-,26-/m0/s1. The van der Waals surface area contributed by atoms with E-state index in [1.54, 1.807) is 20.8 Å². The molecule has 0 aromatic carbocycles. The van der Waals surface area contributed by atoms with Crippen LogP contribution in [-0.2, 0) is 43.0 Å². The van der Waals surface area contributed by atoms with Gasteiger partial charge in [-0.15, -0.1) is 0 Å². The normalized spacial score (nSPS) is 14.6. The highest BCUT2D eigenvalue weighted by Gasteiger charge is 2.37. The Kier molecular flexibility index (Phi) is 20.8. The molecule has 0 spiro atoms. The van der Waals surface area contributed by atoms with Crippen molar-refractivity contribution in [2.45, 2.75) is 156 Å². The van der Waals surface area contributed by atoms with Crippen LogP contribution in [0, 0.1) is 11.8 Å². The van der Waals surface area contributed by atoms with E-state index in [4.69, 9.17) is 9.47 Å². The predicted molar refractivity (Wildman–Crippen MR) is 211 cm³/mol. The quantitative estimate of drug-likeness (QED) is 0.0825. The molecule has 18 heteroatoms. The van der Waals surface area contributed by atoms with Crippen LogP contribution in [0.3, 0.4) is 0 Å². The maximum atomic E-state index is 13.6. The molecular formula is C37H67N7O10S. The van der Waals surface area contributed by atoms with E-state index < -0.39 is 94.4 Å². The Labute approximate surface area is 330 Å². The summed E-state index contributed by atoms with van der Waals surface area (Å²) in [5, 5.41) is 18.3. The molecule has 316 valence electrons. The van der Waals surface area contributed by atoms with Gasteiger partial charge in [0.1, 0.15) is 46.9 Å². The molecule has 5 atom stereocenters. The molecule has 0 radical (unpaired) electrons. The van der Waals surface area contributed by atoms with Gasteiger partial charge in [0.15, 0.2) is 0 Å². The topological polar surface area (TPSA) is 239 Å². The third kappa shape index (κ3) is 19.4. The minimum absolute atomic E-state index is 0.0150. The van der Waals surface area contributed by atoms with Crippen molar-refractivity contribution >= 4 is 59.3 Å². The molecule has 0 aromatic rings. The largest absolute Gasteiger partial charge is 0.467 e. The maximum Gasteiger partial charge on any atom is 0.408 e. The van der Waals surface area contributed by atoms with Gasteiger partial charge in [-0.2, -0.15) is 11.8 Å². The molecule has 0 heterocycles. The van der Waals surface area contributed by atoms with Crippen molar-refractivity contribution in [2.75, 3.05) is 19.1 Å². The molecule has 0 bridgehead atoms. The molecule has 17 nitrogen and oxygen atoms in total. The van der Waals surface area contributed by atoms with Crippen LogP contribution < -0.4 is 37.2 Å². The van der Waals surface area contributed by atoms with Crippen LogP contribution in [-0.4, -0.2) is 114 Å². The molecule has 0 aliphatic rings. The maximum absolute atomic E-state index is 13.6. The number of carbonyl (C=O) groups is 8. The molecule has 7 amide bonds. The van der Waals surface area contributed by atoms with Gasteiger partial charge in [-0.1, -0.05) is 27.7 Å². The first kappa shape index (κ1) is 50.9. The van der Waals surface area contributed by atoms with Crippen molar-refractivity contribution in [3.63, 3.8) is 0 Å². The third-order valence-corrected chi connectivity index (χ3v) is 8.57. The summed E-state index contributed by atoms with van der Waals surface area (Å²) in [5.41, 5.74) is -3.70. The van der Waals surface area contributed by atoms with E-state index in [2.05, 4.69) is 37.2 Å². The number of methoxy groups -OCH3 is 1. The third-order valence-electron chi connectivity index (χ3n) is 7.93. The van der Waals surface area contributed by atoms with Gasteiger partial charge >= 0.3 is 12.1 Å². The highest BCUT2D eigenvalue weighted by molar-refractivity contribution is 7.98. The number of carbonyl (C=O) groups excluding carboxylic acids is 8. The number of esters is 1. The van der Waals surface area contributed by atoms with Crippen LogP contribution in [0.2, 0.25) is 0 Å². The number of rotatable bonds is 21. The molecule has 0 saturated heterocycles. The number of amides is 7. The van der Waals surface area contributed by atoms with Gasteiger partial charge < -0.3 is 46.7 Å². The average Bonchev–Trinajstić information content (AvgIpc) is 3.03. The van der Waals surface area contributed by atoms with Gasteiger partial charge in [-0.3, -0.25) is 28.8 Å². The van der Waals surface area contributed by atoms with E-state index in [1.165, 1.54) is 60.4 Å². The van der Waals surface area contributed by atoms with Crippen molar-refractivity contribution in [3.8, 4) is 0 Å². The molecule has 0 rings (SSSR count). The minimum Gasteiger partial charge on any atom is -0.467 e. The molecule has 7 N–H and O–H groups in total. The van der Waals surface area contributed by atoms with Gasteiger partial charge in [0.05, 0.1) is 7.11 Å². The lowest BCUT2D eigenvalue weighted by Gasteiger charge is -2.31. The van der Waals surface area contributed by atoms with Gasteiger partial charge in [0.25, 0.3) is 0 Å². The van der Waals surface area contributed by atoms with Crippen LogP contribution in [0.5, 0.6) is 0 Å². The fraction of sp³-hybridized carbons (Fsp3) is 0.784. The van der Waals surface area contributed by atoms with Crippen LogP contribution >= 0.6 is 11.8 Å². The number of hydrogen-bond donors (Lipinski definition) is 7. The van der Waals surface area contributed by atoms with E-state index >= 15 is 0 Å². The molecule has 0 aromatic heterocycles. The summed E-state index contributed by atoms with van der Waals surface area (Å²) in [7, 11) is 1.20. The highest BCUT2D eigenvalue weighted by Crippen LogP contribution is 2.13. The van der Waals surface area contributed by atoms with Crippen molar-refractivity contribution in [2.24, 2.45) is 11.8 Å². The van der Waals surface area contributed by atoms with Gasteiger partial charge in [-0.25, -0.2) is 9.59 Å². The Morgan fingerprint density at radius 3 is 1.40 bits per heavy atom. The minimum atomic E-state index is -1.56. The predicted octanol–water partition coefficient (Wildman–Crippen LogP) is 1.67. The van der Waals surface area contributed by atoms with Gasteiger partial charge in [0, 0.05) is 0 Å². The van der Waals surface area contributed by atoms with Crippen molar-refractivity contribution in [1.29, 1.82) is 0 Å². The van der Waals surface area contributed by atoms with E-state index in [9.17, 15) is 38.4 Å². The van der Waals surface area contributed by atoms with E-state index in [0.29, 0.717) is 5.75 Å². The van der Waals surface area contributed by atoms with Crippen LogP contribution in [0.4, 0.5) is 4.79 Å². The fourth-order valence-electron chi connectivity index (χ4n) is 4.93. The average molecular weight is 802 g/mol. The van der Waals surface area contributed by atoms with Crippen LogP contribution in [0.1, 0.15) is 109 Å². The molecule has 0 aliphatic carbocycles. The van der Waals surface area contributed by atoms with Crippen molar-refractivity contribution in [3.05, 3.63) is 0 Å². The molecule has 0 unspecified atom stereocenters. The lowest BCUT2D eigenvalue weighted by molar-refractivity contribution is -0.149. The monoisotopic (exact) mass is 801 g/mol. The first-order valence-electron chi connectivity index (χ1n) is 18.5. The summed E-state index contributed by atoms with van der Waals surface area (Å²) < 4.78 is 9.96. The van der Waals surface area contributed by atoms with E-state index in [-0.39, 0.29) is 31.1 Å². The summed E-state index contributed by atoms with van der Waals surface area (Å²) >= 11 is 1.43. The Morgan fingerprint density at radius 2 is 1.00 bits per heavy atom. The van der Waals surface area contributed by atoms with Gasteiger partial charge in [0.2, 0.25) is 35.4 Å². The zero-order chi connectivity index (χ0) is 43.1. The van der Waals surface area contributed by atoms with Crippen LogP contribution in [0.25, 0.3) is 0 Å². The number of nitrogens with one attached hydrogen (secondary N) is 7. The molecular weight excluding hydrogens is 735 g/mol. The fourth-order valence-corrected chi connectivity index (χ4v) is 5.40. The summed E-state index contributed by atoms with van der Waals surface area (Å²) in [6.07, 6.45) is 1.67. The second kappa shape index (κ2) is 22.5. The zero-order valence-electron chi connectivity index (χ0n) is 35.4. The van der Waals surface area contributed by atoms with E-state index in [0.717, 1.165) is 0 Å².